The van der Waals surface area contributed by atoms with Gasteiger partial charge in [0.2, 0.25) is 10.0 Å². The minimum atomic E-state index is -3.80. The Kier molecular flexibility index (Phi) is 4.50. The van der Waals surface area contributed by atoms with Crippen LogP contribution in [0.4, 0.5) is 4.79 Å². The third kappa shape index (κ3) is 2.55. The molecule has 1 aromatic carbocycles. The molecule has 0 bridgehead atoms. The molecular formula is C21H26N2O6S. The van der Waals surface area contributed by atoms with Crippen LogP contribution >= 0.6 is 0 Å². The number of piperidine rings is 1. The molecule has 4 saturated heterocycles. The summed E-state index contributed by atoms with van der Waals surface area (Å²) in [7, 11) is -3.80. The third-order valence-corrected chi connectivity index (χ3v) is 9.14. The summed E-state index contributed by atoms with van der Waals surface area (Å²) in [6.07, 6.45) is 0.530. The fourth-order valence-corrected chi connectivity index (χ4v) is 7.58. The Hall–Kier alpha value is -1.97. The van der Waals surface area contributed by atoms with Crippen LogP contribution in [0.1, 0.15) is 25.3 Å². The predicted octanol–water partition coefficient (Wildman–Crippen LogP) is 1.78. The lowest BCUT2D eigenvalue weighted by molar-refractivity contribution is -0.111. The average Bonchev–Trinajstić information content (AvgIpc) is 3.33. The van der Waals surface area contributed by atoms with Gasteiger partial charge in [-0.25, -0.2) is 13.2 Å². The molecule has 9 heteroatoms. The summed E-state index contributed by atoms with van der Waals surface area (Å²) in [5.41, 5.74) is 0.160. The second kappa shape index (κ2) is 6.77. The van der Waals surface area contributed by atoms with E-state index in [0.717, 1.165) is 11.8 Å². The highest BCUT2D eigenvalue weighted by atomic mass is 32.2. The number of ether oxygens (including phenoxy) is 2. The van der Waals surface area contributed by atoms with Crippen molar-refractivity contribution < 1.29 is 27.5 Å². The fraction of sp³-hybridized carbons (Fsp3) is 0.619. The average molecular weight is 435 g/mol. The van der Waals surface area contributed by atoms with E-state index in [1.807, 2.05) is 13.8 Å². The van der Waals surface area contributed by atoms with Gasteiger partial charge >= 0.3 is 6.09 Å². The standard InChI is InChI=1S/C21H26N2O6S/c1-13-3-5-16(6-4-13)30(26,27)23-8-7-17-15(9-14(2)11-24)10-22-20(25)29-18-12-28-19(23)21(17,18)22/h3-6,11,14-15,17-19H,7-10,12H2,1-2H3/t14?,15-,17-,18-,19-,21-/m0/s1. The summed E-state index contributed by atoms with van der Waals surface area (Å²) in [6.45, 7) is 4.75. The molecule has 1 unspecified atom stereocenters. The number of carbonyl (C=O) groups is 2. The van der Waals surface area contributed by atoms with Crippen LogP contribution in [0.2, 0.25) is 0 Å². The van der Waals surface area contributed by atoms with Gasteiger partial charge in [0, 0.05) is 19.0 Å². The van der Waals surface area contributed by atoms with Crippen LogP contribution in [0.3, 0.4) is 0 Å². The van der Waals surface area contributed by atoms with E-state index in [9.17, 15) is 18.0 Å². The minimum Gasteiger partial charge on any atom is -0.441 e. The van der Waals surface area contributed by atoms with Gasteiger partial charge < -0.3 is 14.3 Å². The van der Waals surface area contributed by atoms with E-state index in [1.165, 1.54) is 4.31 Å². The molecule has 0 radical (unpaired) electrons. The zero-order valence-corrected chi connectivity index (χ0v) is 17.9. The van der Waals surface area contributed by atoms with E-state index in [2.05, 4.69) is 0 Å². The van der Waals surface area contributed by atoms with Crippen molar-refractivity contribution in [2.24, 2.45) is 17.8 Å². The quantitative estimate of drug-likeness (QED) is 0.656. The van der Waals surface area contributed by atoms with E-state index in [1.54, 1.807) is 29.2 Å². The highest BCUT2D eigenvalue weighted by Crippen LogP contribution is 2.58. The molecule has 8 nitrogen and oxygen atoms in total. The van der Waals surface area contributed by atoms with Crippen molar-refractivity contribution in [2.75, 3.05) is 19.7 Å². The molecule has 6 atom stereocenters. The van der Waals surface area contributed by atoms with Gasteiger partial charge in [-0.1, -0.05) is 24.6 Å². The number of hydrogen-bond donors (Lipinski definition) is 0. The molecule has 1 aromatic rings. The molecule has 1 spiro atoms. The molecule has 1 amide bonds. The zero-order valence-electron chi connectivity index (χ0n) is 17.1. The maximum absolute atomic E-state index is 13.5. The van der Waals surface area contributed by atoms with Crippen LogP contribution in [-0.2, 0) is 24.3 Å². The Bertz CT molecular complexity index is 980. The first-order valence-electron chi connectivity index (χ1n) is 10.4. The first-order chi connectivity index (χ1) is 14.3. The molecular weight excluding hydrogens is 408 g/mol. The third-order valence-electron chi connectivity index (χ3n) is 7.28. The van der Waals surface area contributed by atoms with Gasteiger partial charge in [0.25, 0.3) is 0 Å². The number of hydrogen-bond acceptors (Lipinski definition) is 6. The molecule has 30 heavy (non-hydrogen) atoms. The minimum absolute atomic E-state index is 0.0355. The van der Waals surface area contributed by atoms with Crippen LogP contribution in [0.25, 0.3) is 0 Å². The summed E-state index contributed by atoms with van der Waals surface area (Å²) in [6, 6.07) is 6.77. The Morgan fingerprint density at radius 3 is 2.73 bits per heavy atom. The van der Waals surface area contributed by atoms with Crippen LogP contribution in [0.5, 0.6) is 0 Å². The number of amides is 1. The van der Waals surface area contributed by atoms with Gasteiger partial charge in [-0.15, -0.1) is 0 Å². The number of nitrogens with zero attached hydrogens (tertiary/aromatic N) is 2. The smallest absolute Gasteiger partial charge is 0.410 e. The largest absolute Gasteiger partial charge is 0.441 e. The van der Waals surface area contributed by atoms with Gasteiger partial charge in [-0.3, -0.25) is 4.90 Å². The van der Waals surface area contributed by atoms with Gasteiger partial charge in [0.05, 0.1) is 11.5 Å². The molecule has 0 N–H and O–H groups in total. The lowest BCUT2D eigenvalue weighted by Gasteiger charge is -2.47. The maximum atomic E-state index is 13.5. The first-order valence-corrected chi connectivity index (χ1v) is 11.9. The topological polar surface area (TPSA) is 93.2 Å². The Labute approximate surface area is 176 Å². The molecule has 4 aliphatic heterocycles. The van der Waals surface area contributed by atoms with Gasteiger partial charge in [-0.2, -0.15) is 4.31 Å². The number of benzene rings is 1. The lowest BCUT2D eigenvalue weighted by Crippen LogP contribution is -2.66. The molecule has 4 heterocycles. The number of carbonyl (C=O) groups excluding carboxylic acids is 2. The predicted molar refractivity (Wildman–Crippen MR) is 106 cm³/mol. The van der Waals surface area contributed by atoms with Crippen LogP contribution < -0.4 is 0 Å². The zero-order chi connectivity index (χ0) is 21.3. The van der Waals surface area contributed by atoms with Gasteiger partial charge in [0.15, 0.2) is 12.3 Å². The molecule has 5 rings (SSSR count). The van der Waals surface area contributed by atoms with E-state index < -0.39 is 34.0 Å². The molecule has 0 aliphatic carbocycles. The fourth-order valence-electron chi connectivity index (χ4n) is 6.01. The van der Waals surface area contributed by atoms with Crippen molar-refractivity contribution >= 4 is 22.4 Å². The molecule has 162 valence electrons. The van der Waals surface area contributed by atoms with Crippen molar-refractivity contribution in [3.05, 3.63) is 29.8 Å². The monoisotopic (exact) mass is 434 g/mol. The van der Waals surface area contributed by atoms with Crippen molar-refractivity contribution in [1.29, 1.82) is 0 Å². The highest BCUT2D eigenvalue weighted by molar-refractivity contribution is 7.89. The van der Waals surface area contributed by atoms with E-state index >= 15 is 0 Å². The summed E-state index contributed by atoms with van der Waals surface area (Å²) in [5.74, 6) is 0.0401. The summed E-state index contributed by atoms with van der Waals surface area (Å²) in [5, 5.41) is 0. The summed E-state index contributed by atoms with van der Waals surface area (Å²) in [4.78, 5) is 25.8. The Balaban J connectivity index is 1.54. The van der Waals surface area contributed by atoms with Crippen LogP contribution in [-0.4, -0.2) is 67.6 Å². The van der Waals surface area contributed by atoms with Crippen LogP contribution in [0, 0.1) is 24.7 Å². The second-order valence-corrected chi connectivity index (χ2v) is 10.9. The van der Waals surface area contributed by atoms with E-state index in [-0.39, 0.29) is 29.3 Å². The van der Waals surface area contributed by atoms with Crippen molar-refractivity contribution in [3.63, 3.8) is 0 Å². The Morgan fingerprint density at radius 2 is 2.03 bits per heavy atom. The van der Waals surface area contributed by atoms with Crippen LogP contribution in [0.15, 0.2) is 29.2 Å². The molecule has 0 aromatic heterocycles. The summed E-state index contributed by atoms with van der Waals surface area (Å²) >= 11 is 0. The van der Waals surface area contributed by atoms with Crippen molar-refractivity contribution in [2.45, 2.75) is 49.5 Å². The van der Waals surface area contributed by atoms with E-state index in [0.29, 0.717) is 25.9 Å². The van der Waals surface area contributed by atoms with Crippen molar-refractivity contribution in [3.8, 4) is 0 Å². The number of rotatable bonds is 5. The first kappa shape index (κ1) is 20.0. The summed E-state index contributed by atoms with van der Waals surface area (Å²) < 4.78 is 40.1. The Morgan fingerprint density at radius 1 is 1.30 bits per heavy atom. The maximum Gasteiger partial charge on any atom is 0.410 e. The second-order valence-electron chi connectivity index (χ2n) is 8.99. The van der Waals surface area contributed by atoms with Gasteiger partial charge in [0.1, 0.15) is 11.8 Å². The highest BCUT2D eigenvalue weighted by Gasteiger charge is 2.75. The SMILES string of the molecule is Cc1ccc(S(=O)(=O)N2CC[C@H]3[C@@H](CC(C)C=O)CN4C(=O)O[C@H]5CO[C@H]2[C@@]534)cc1. The number of aryl methyl sites for hydroxylation is 1. The number of sulfonamides is 1. The lowest BCUT2D eigenvalue weighted by atomic mass is 9.70. The van der Waals surface area contributed by atoms with Crippen molar-refractivity contribution in [1.82, 2.24) is 9.21 Å². The molecule has 4 aliphatic rings. The van der Waals surface area contributed by atoms with Gasteiger partial charge in [-0.05, 0) is 43.7 Å². The molecule has 0 saturated carbocycles. The number of aldehydes is 1. The normalized spacial score (nSPS) is 36.3. The van der Waals surface area contributed by atoms with E-state index in [4.69, 9.17) is 9.47 Å². The molecule has 4 fully saturated rings.